The molecule has 1 saturated heterocycles. The summed E-state index contributed by atoms with van der Waals surface area (Å²) in [6.45, 7) is 10.2. The average Bonchev–Trinajstić information content (AvgIpc) is 2.44. The van der Waals surface area contributed by atoms with Crippen molar-refractivity contribution in [3.8, 4) is 0 Å². The lowest BCUT2D eigenvalue weighted by Crippen LogP contribution is -2.54. The second-order valence-corrected chi connectivity index (χ2v) is 5.92. The number of likely N-dealkylation sites (tertiary alicyclic amines) is 1. The standard InChI is InChI=1S/C15H31N3O/c1-5-14(6-2)17-15(19)12(4)18-10-13(9-16)8-7-11(18)3/h11-14H,5-10,16H2,1-4H3,(H,17,19). The van der Waals surface area contributed by atoms with Crippen molar-refractivity contribution in [1.82, 2.24) is 10.2 Å². The molecule has 1 heterocycles. The summed E-state index contributed by atoms with van der Waals surface area (Å²) in [6.07, 6.45) is 4.32. The molecule has 3 N–H and O–H groups in total. The van der Waals surface area contributed by atoms with Gasteiger partial charge in [-0.1, -0.05) is 13.8 Å². The number of carbonyl (C=O) groups is 1. The van der Waals surface area contributed by atoms with E-state index >= 15 is 0 Å². The molecule has 1 fully saturated rings. The van der Waals surface area contributed by atoms with Crippen LogP contribution in [0.15, 0.2) is 0 Å². The second kappa shape index (κ2) is 7.85. The first-order valence-corrected chi connectivity index (χ1v) is 7.79. The number of piperidine rings is 1. The van der Waals surface area contributed by atoms with Crippen molar-refractivity contribution in [3.63, 3.8) is 0 Å². The van der Waals surface area contributed by atoms with E-state index in [-0.39, 0.29) is 11.9 Å². The maximum Gasteiger partial charge on any atom is 0.237 e. The van der Waals surface area contributed by atoms with E-state index in [9.17, 15) is 4.79 Å². The minimum absolute atomic E-state index is 0.0510. The zero-order valence-corrected chi connectivity index (χ0v) is 13.0. The fraction of sp³-hybridized carbons (Fsp3) is 0.933. The molecule has 1 amide bonds. The summed E-state index contributed by atoms with van der Waals surface area (Å²) >= 11 is 0. The molecular weight excluding hydrogens is 238 g/mol. The number of nitrogens with one attached hydrogen (secondary N) is 1. The van der Waals surface area contributed by atoms with E-state index in [4.69, 9.17) is 5.73 Å². The summed E-state index contributed by atoms with van der Waals surface area (Å²) < 4.78 is 0. The maximum absolute atomic E-state index is 12.3. The first-order valence-electron chi connectivity index (χ1n) is 7.79. The van der Waals surface area contributed by atoms with Crippen molar-refractivity contribution in [2.45, 2.75) is 71.5 Å². The molecule has 112 valence electrons. The Morgan fingerprint density at radius 2 is 2.00 bits per heavy atom. The summed E-state index contributed by atoms with van der Waals surface area (Å²) in [5.74, 6) is 0.706. The van der Waals surface area contributed by atoms with Gasteiger partial charge in [-0.05, 0) is 52.0 Å². The predicted octanol–water partition coefficient (Wildman–Crippen LogP) is 1.74. The Balaban J connectivity index is 2.58. The lowest BCUT2D eigenvalue weighted by atomic mass is 9.92. The molecule has 4 heteroatoms. The Hall–Kier alpha value is -0.610. The largest absolute Gasteiger partial charge is 0.352 e. The molecule has 1 rings (SSSR count). The van der Waals surface area contributed by atoms with E-state index in [1.165, 1.54) is 6.42 Å². The molecule has 3 unspecified atom stereocenters. The van der Waals surface area contributed by atoms with Gasteiger partial charge in [0.15, 0.2) is 0 Å². The van der Waals surface area contributed by atoms with E-state index in [2.05, 4.69) is 31.0 Å². The molecule has 1 aliphatic heterocycles. The van der Waals surface area contributed by atoms with Crippen LogP contribution in [0.2, 0.25) is 0 Å². The van der Waals surface area contributed by atoms with E-state index in [1.54, 1.807) is 0 Å². The van der Waals surface area contributed by atoms with Crippen LogP contribution in [0.4, 0.5) is 0 Å². The number of nitrogens with zero attached hydrogens (tertiary/aromatic N) is 1. The minimum Gasteiger partial charge on any atom is -0.352 e. The third-order valence-corrected chi connectivity index (χ3v) is 4.57. The van der Waals surface area contributed by atoms with Gasteiger partial charge in [-0.3, -0.25) is 9.69 Å². The van der Waals surface area contributed by atoms with Crippen molar-refractivity contribution in [3.05, 3.63) is 0 Å². The number of rotatable bonds is 6. The van der Waals surface area contributed by atoms with Crippen LogP contribution in [0.25, 0.3) is 0 Å². The summed E-state index contributed by atoms with van der Waals surface area (Å²) in [7, 11) is 0. The van der Waals surface area contributed by atoms with Crippen LogP contribution in [0.1, 0.15) is 53.4 Å². The number of hydrogen-bond donors (Lipinski definition) is 2. The number of nitrogens with two attached hydrogens (primary N) is 1. The number of amides is 1. The van der Waals surface area contributed by atoms with Gasteiger partial charge in [-0.15, -0.1) is 0 Å². The summed E-state index contributed by atoms with van der Waals surface area (Å²) in [5, 5.41) is 3.15. The van der Waals surface area contributed by atoms with E-state index in [1.807, 2.05) is 6.92 Å². The monoisotopic (exact) mass is 269 g/mol. The Kier molecular flexibility index (Phi) is 6.80. The normalized spacial score (nSPS) is 26.4. The molecule has 4 nitrogen and oxygen atoms in total. The highest BCUT2D eigenvalue weighted by Gasteiger charge is 2.31. The predicted molar refractivity (Wildman–Crippen MR) is 79.9 cm³/mol. The second-order valence-electron chi connectivity index (χ2n) is 5.92. The van der Waals surface area contributed by atoms with Crippen molar-refractivity contribution < 1.29 is 4.79 Å². The molecule has 0 radical (unpaired) electrons. The van der Waals surface area contributed by atoms with Crippen LogP contribution >= 0.6 is 0 Å². The van der Waals surface area contributed by atoms with Gasteiger partial charge in [0.2, 0.25) is 5.91 Å². The number of hydrogen-bond acceptors (Lipinski definition) is 3. The van der Waals surface area contributed by atoms with Crippen molar-refractivity contribution >= 4 is 5.91 Å². The van der Waals surface area contributed by atoms with Gasteiger partial charge >= 0.3 is 0 Å². The van der Waals surface area contributed by atoms with Crippen LogP contribution in [-0.2, 0) is 4.79 Å². The smallest absolute Gasteiger partial charge is 0.237 e. The van der Waals surface area contributed by atoms with Gasteiger partial charge < -0.3 is 11.1 Å². The lowest BCUT2D eigenvalue weighted by molar-refractivity contribution is -0.128. The van der Waals surface area contributed by atoms with E-state index < -0.39 is 0 Å². The Morgan fingerprint density at radius 3 is 2.53 bits per heavy atom. The average molecular weight is 269 g/mol. The van der Waals surface area contributed by atoms with E-state index in [0.717, 1.165) is 32.4 Å². The van der Waals surface area contributed by atoms with Gasteiger partial charge in [-0.25, -0.2) is 0 Å². The minimum atomic E-state index is -0.0510. The van der Waals surface area contributed by atoms with Gasteiger partial charge in [-0.2, -0.15) is 0 Å². The molecule has 0 aliphatic carbocycles. The highest BCUT2D eigenvalue weighted by molar-refractivity contribution is 5.81. The fourth-order valence-corrected chi connectivity index (χ4v) is 2.91. The van der Waals surface area contributed by atoms with Crippen LogP contribution in [0.3, 0.4) is 0 Å². The highest BCUT2D eigenvalue weighted by Crippen LogP contribution is 2.23. The van der Waals surface area contributed by atoms with Gasteiger partial charge in [0, 0.05) is 18.6 Å². The first kappa shape index (κ1) is 16.4. The zero-order chi connectivity index (χ0) is 14.4. The maximum atomic E-state index is 12.3. The lowest BCUT2D eigenvalue weighted by Gasteiger charge is -2.41. The molecule has 1 aliphatic rings. The van der Waals surface area contributed by atoms with Gasteiger partial charge in [0.05, 0.1) is 6.04 Å². The molecule has 19 heavy (non-hydrogen) atoms. The van der Waals surface area contributed by atoms with Crippen molar-refractivity contribution in [2.24, 2.45) is 11.7 Å². The fourth-order valence-electron chi connectivity index (χ4n) is 2.91. The summed E-state index contributed by atoms with van der Waals surface area (Å²) in [5.41, 5.74) is 5.78. The third kappa shape index (κ3) is 4.46. The quantitative estimate of drug-likeness (QED) is 0.772. The molecule has 0 bridgehead atoms. The van der Waals surface area contributed by atoms with E-state index in [0.29, 0.717) is 18.0 Å². The molecule has 0 aromatic carbocycles. The molecule has 0 aromatic rings. The van der Waals surface area contributed by atoms with Crippen LogP contribution in [0.5, 0.6) is 0 Å². The Bertz CT molecular complexity index is 279. The molecule has 0 saturated carbocycles. The molecule has 3 atom stereocenters. The summed E-state index contributed by atoms with van der Waals surface area (Å²) in [4.78, 5) is 14.6. The van der Waals surface area contributed by atoms with Gasteiger partial charge in [0.25, 0.3) is 0 Å². The van der Waals surface area contributed by atoms with Crippen LogP contribution in [-0.4, -0.2) is 42.0 Å². The Morgan fingerprint density at radius 1 is 1.37 bits per heavy atom. The van der Waals surface area contributed by atoms with Crippen molar-refractivity contribution in [1.29, 1.82) is 0 Å². The Labute approximate surface area is 118 Å². The van der Waals surface area contributed by atoms with Crippen LogP contribution < -0.4 is 11.1 Å². The molecule has 0 aromatic heterocycles. The molecule has 0 spiro atoms. The van der Waals surface area contributed by atoms with Gasteiger partial charge in [0.1, 0.15) is 0 Å². The van der Waals surface area contributed by atoms with Crippen LogP contribution in [0, 0.1) is 5.92 Å². The zero-order valence-electron chi connectivity index (χ0n) is 13.0. The first-order chi connectivity index (χ1) is 9.03. The SMILES string of the molecule is CCC(CC)NC(=O)C(C)N1CC(CN)CCC1C. The number of carbonyl (C=O) groups excluding carboxylic acids is 1. The summed E-state index contributed by atoms with van der Waals surface area (Å²) in [6, 6.07) is 0.732. The third-order valence-electron chi connectivity index (χ3n) is 4.57. The molecular formula is C15H31N3O. The topological polar surface area (TPSA) is 58.4 Å². The van der Waals surface area contributed by atoms with Crippen molar-refractivity contribution in [2.75, 3.05) is 13.1 Å². The highest BCUT2D eigenvalue weighted by atomic mass is 16.2.